The molecular formula is C22H28N8O2S. The highest BCUT2D eigenvalue weighted by atomic mass is 32.1. The molecule has 0 N–H and O–H groups in total. The number of aryl methyl sites for hydroxylation is 1. The number of nitrogens with zero attached hydrogens (tertiary/aromatic N) is 8. The zero-order chi connectivity index (χ0) is 22.8. The first-order valence-electron chi connectivity index (χ1n) is 11.6. The van der Waals surface area contributed by atoms with Gasteiger partial charge in [0.15, 0.2) is 0 Å². The van der Waals surface area contributed by atoms with E-state index in [0.29, 0.717) is 18.1 Å². The molecule has 0 aliphatic carbocycles. The summed E-state index contributed by atoms with van der Waals surface area (Å²) >= 11 is 1.45. The summed E-state index contributed by atoms with van der Waals surface area (Å²) < 4.78 is 1.40. The molecule has 0 aromatic carbocycles. The predicted octanol–water partition coefficient (Wildman–Crippen LogP) is 1.46. The van der Waals surface area contributed by atoms with Gasteiger partial charge in [-0.25, -0.2) is 15.0 Å². The predicted molar refractivity (Wildman–Crippen MR) is 127 cm³/mol. The number of piperazine rings is 1. The standard InChI is InChI=1S/C22H28N8O2S/c1-2-4-17-15-18(31)30-21(25-17)33-22(26-30)29-9-5-16(6-10-29)19(32)27-11-13-28(14-12-27)20-23-7-3-8-24-20/h3,7-8,15-16H,2,4-6,9-14H2,1H3. The van der Waals surface area contributed by atoms with E-state index < -0.39 is 0 Å². The average Bonchev–Trinajstić information content (AvgIpc) is 3.29. The van der Waals surface area contributed by atoms with E-state index in [9.17, 15) is 9.59 Å². The molecule has 2 fully saturated rings. The molecule has 11 heteroatoms. The third-order valence-corrected chi connectivity index (χ3v) is 7.30. The van der Waals surface area contributed by atoms with Crippen molar-refractivity contribution >= 4 is 33.3 Å². The highest BCUT2D eigenvalue weighted by Crippen LogP contribution is 2.28. The first-order chi connectivity index (χ1) is 16.1. The third-order valence-electron chi connectivity index (χ3n) is 6.33. The van der Waals surface area contributed by atoms with Crippen LogP contribution in [0.25, 0.3) is 4.96 Å². The van der Waals surface area contributed by atoms with Gasteiger partial charge in [0.05, 0.1) is 0 Å². The molecule has 5 heterocycles. The Morgan fingerprint density at radius 3 is 2.48 bits per heavy atom. The van der Waals surface area contributed by atoms with Crippen molar-refractivity contribution in [3.05, 3.63) is 40.6 Å². The van der Waals surface area contributed by atoms with Gasteiger partial charge in [-0.05, 0) is 25.3 Å². The highest BCUT2D eigenvalue weighted by molar-refractivity contribution is 7.20. The van der Waals surface area contributed by atoms with Crippen LogP contribution in [0.5, 0.6) is 0 Å². The zero-order valence-electron chi connectivity index (χ0n) is 18.8. The monoisotopic (exact) mass is 468 g/mol. The first-order valence-corrected chi connectivity index (χ1v) is 12.4. The van der Waals surface area contributed by atoms with Gasteiger partial charge in [0.1, 0.15) is 0 Å². The van der Waals surface area contributed by atoms with Crippen molar-refractivity contribution in [1.82, 2.24) is 29.5 Å². The average molecular weight is 469 g/mol. The van der Waals surface area contributed by atoms with Crippen LogP contribution in [0.3, 0.4) is 0 Å². The van der Waals surface area contributed by atoms with Crippen molar-refractivity contribution in [3.8, 4) is 0 Å². The summed E-state index contributed by atoms with van der Waals surface area (Å²) in [7, 11) is 0. The number of piperidine rings is 1. The summed E-state index contributed by atoms with van der Waals surface area (Å²) in [5.41, 5.74) is 0.692. The summed E-state index contributed by atoms with van der Waals surface area (Å²) in [5, 5.41) is 5.31. The summed E-state index contributed by atoms with van der Waals surface area (Å²) in [5.74, 6) is 1.01. The Morgan fingerprint density at radius 1 is 1.06 bits per heavy atom. The van der Waals surface area contributed by atoms with Gasteiger partial charge in [-0.2, -0.15) is 4.52 Å². The van der Waals surface area contributed by atoms with Crippen LogP contribution in [0, 0.1) is 5.92 Å². The van der Waals surface area contributed by atoms with E-state index in [2.05, 4.69) is 36.8 Å². The molecule has 3 aromatic heterocycles. The number of carbonyl (C=O) groups excluding carboxylic acids is 1. The maximum Gasteiger partial charge on any atom is 0.275 e. The Balaban J connectivity index is 1.18. The zero-order valence-corrected chi connectivity index (χ0v) is 19.6. The smallest absolute Gasteiger partial charge is 0.275 e. The molecule has 0 saturated carbocycles. The molecule has 10 nitrogen and oxygen atoms in total. The van der Waals surface area contributed by atoms with Crippen LogP contribution in [-0.4, -0.2) is 74.6 Å². The molecule has 174 valence electrons. The van der Waals surface area contributed by atoms with E-state index in [1.807, 2.05) is 11.0 Å². The molecule has 0 bridgehead atoms. The molecule has 2 aliphatic rings. The number of carbonyl (C=O) groups is 1. The van der Waals surface area contributed by atoms with Crippen molar-refractivity contribution in [1.29, 1.82) is 0 Å². The van der Waals surface area contributed by atoms with Crippen LogP contribution in [0.1, 0.15) is 31.9 Å². The molecule has 5 rings (SSSR count). The minimum absolute atomic E-state index is 0.0344. The van der Waals surface area contributed by atoms with Crippen molar-refractivity contribution in [3.63, 3.8) is 0 Å². The van der Waals surface area contributed by atoms with E-state index in [-0.39, 0.29) is 17.4 Å². The lowest BCUT2D eigenvalue weighted by Gasteiger charge is -2.38. The molecule has 0 atom stereocenters. The topological polar surface area (TPSA) is 99.8 Å². The lowest BCUT2D eigenvalue weighted by molar-refractivity contribution is -0.136. The second-order valence-electron chi connectivity index (χ2n) is 8.54. The number of hydrogen-bond acceptors (Lipinski definition) is 9. The molecule has 0 radical (unpaired) electrons. The molecule has 2 saturated heterocycles. The fraction of sp³-hybridized carbons (Fsp3) is 0.545. The van der Waals surface area contributed by atoms with Gasteiger partial charge in [-0.1, -0.05) is 24.7 Å². The van der Waals surface area contributed by atoms with Crippen LogP contribution in [0.2, 0.25) is 0 Å². The molecule has 0 spiro atoms. The van der Waals surface area contributed by atoms with Crippen LogP contribution in [0.4, 0.5) is 11.1 Å². The van der Waals surface area contributed by atoms with E-state index in [0.717, 1.165) is 68.6 Å². The Morgan fingerprint density at radius 2 is 1.79 bits per heavy atom. The lowest BCUT2D eigenvalue weighted by atomic mass is 9.95. The number of hydrogen-bond donors (Lipinski definition) is 0. The Bertz CT molecular complexity index is 1160. The lowest BCUT2D eigenvalue weighted by Crippen LogP contribution is -2.52. The van der Waals surface area contributed by atoms with E-state index in [1.165, 1.54) is 15.9 Å². The maximum atomic E-state index is 13.1. The van der Waals surface area contributed by atoms with Gasteiger partial charge in [0, 0.05) is 69.3 Å². The molecule has 33 heavy (non-hydrogen) atoms. The van der Waals surface area contributed by atoms with Gasteiger partial charge in [-0.15, -0.1) is 5.10 Å². The number of anilines is 2. The summed E-state index contributed by atoms with van der Waals surface area (Å²) in [4.78, 5) is 45.6. The Labute approximate surface area is 195 Å². The van der Waals surface area contributed by atoms with Gasteiger partial charge in [-0.3, -0.25) is 9.59 Å². The summed E-state index contributed by atoms with van der Waals surface area (Å²) in [6.45, 7) is 6.48. The number of rotatable bonds is 5. The van der Waals surface area contributed by atoms with Crippen molar-refractivity contribution in [2.75, 3.05) is 49.1 Å². The SMILES string of the molecule is CCCc1cc(=O)n2nc(N3CCC(C(=O)N4CCN(c5ncccn5)CC4)CC3)sc2n1. The fourth-order valence-corrected chi connectivity index (χ4v) is 5.49. The third kappa shape index (κ3) is 4.54. The van der Waals surface area contributed by atoms with Crippen LogP contribution < -0.4 is 15.4 Å². The first kappa shape index (κ1) is 21.7. The molecule has 1 amide bonds. The van der Waals surface area contributed by atoms with Crippen molar-refractivity contribution in [2.24, 2.45) is 5.92 Å². The largest absolute Gasteiger partial charge is 0.347 e. The van der Waals surface area contributed by atoms with Crippen LogP contribution in [-0.2, 0) is 11.2 Å². The molecule has 2 aliphatic heterocycles. The maximum absolute atomic E-state index is 13.1. The number of amides is 1. The van der Waals surface area contributed by atoms with Crippen molar-refractivity contribution in [2.45, 2.75) is 32.6 Å². The quantitative estimate of drug-likeness (QED) is 0.555. The van der Waals surface area contributed by atoms with E-state index in [1.54, 1.807) is 18.5 Å². The van der Waals surface area contributed by atoms with Gasteiger partial charge < -0.3 is 14.7 Å². The summed E-state index contributed by atoms with van der Waals surface area (Å²) in [6, 6.07) is 3.39. The Kier molecular flexibility index (Phi) is 6.21. The second-order valence-corrected chi connectivity index (χ2v) is 9.47. The van der Waals surface area contributed by atoms with Gasteiger partial charge >= 0.3 is 0 Å². The fourth-order valence-electron chi connectivity index (χ4n) is 4.52. The minimum Gasteiger partial charge on any atom is -0.347 e. The second kappa shape index (κ2) is 9.42. The van der Waals surface area contributed by atoms with Gasteiger partial charge in [0.25, 0.3) is 5.56 Å². The number of fused-ring (bicyclic) bond motifs is 1. The van der Waals surface area contributed by atoms with Crippen molar-refractivity contribution < 1.29 is 4.79 Å². The highest BCUT2D eigenvalue weighted by Gasteiger charge is 2.31. The van der Waals surface area contributed by atoms with Gasteiger partial charge in [0.2, 0.25) is 21.9 Å². The summed E-state index contributed by atoms with van der Waals surface area (Å²) in [6.07, 6.45) is 6.82. The molecule has 0 unspecified atom stereocenters. The molecular weight excluding hydrogens is 440 g/mol. The normalized spacial score (nSPS) is 17.7. The minimum atomic E-state index is -0.129. The number of aromatic nitrogens is 5. The van der Waals surface area contributed by atoms with E-state index >= 15 is 0 Å². The Hall–Kier alpha value is -3.08. The van der Waals surface area contributed by atoms with Crippen LogP contribution >= 0.6 is 11.3 Å². The van der Waals surface area contributed by atoms with Crippen LogP contribution in [0.15, 0.2) is 29.3 Å². The van der Waals surface area contributed by atoms with E-state index in [4.69, 9.17) is 0 Å². The molecule has 3 aromatic rings.